The van der Waals surface area contributed by atoms with Crippen LogP contribution in [0, 0.1) is 3.57 Å². The number of aromatic nitrogens is 2. The van der Waals surface area contributed by atoms with E-state index in [1.165, 1.54) is 0 Å². The van der Waals surface area contributed by atoms with Crippen LogP contribution in [0.4, 0.5) is 17.5 Å². The predicted molar refractivity (Wildman–Crippen MR) is 76.6 cm³/mol. The summed E-state index contributed by atoms with van der Waals surface area (Å²) >= 11 is 5.52. The van der Waals surface area contributed by atoms with Gasteiger partial charge >= 0.3 is 0 Å². The number of nitrogen functional groups attached to an aromatic ring is 1. The van der Waals surface area contributed by atoms with Crippen molar-refractivity contribution >= 4 is 56.0 Å². The summed E-state index contributed by atoms with van der Waals surface area (Å²) in [4.78, 5) is 8.27. The molecule has 3 N–H and O–H groups in total. The standard InChI is InChI=1S/C10H8BrIN4/c11-8-5-9(13)16-10(15-8)14-7-4-2-1-3-6(7)12/h1-5H,(H3,13,14,15,16). The number of para-hydroxylation sites is 1. The molecule has 0 atom stereocenters. The fourth-order valence-electron chi connectivity index (χ4n) is 1.17. The Balaban J connectivity index is 2.30. The molecule has 0 fully saturated rings. The normalized spacial score (nSPS) is 10.1. The lowest BCUT2D eigenvalue weighted by Crippen LogP contribution is -2.01. The van der Waals surface area contributed by atoms with Crippen LogP contribution in [0.5, 0.6) is 0 Å². The van der Waals surface area contributed by atoms with Crippen molar-refractivity contribution < 1.29 is 0 Å². The number of hydrogen-bond acceptors (Lipinski definition) is 4. The smallest absolute Gasteiger partial charge is 0.230 e. The Morgan fingerprint density at radius 3 is 2.69 bits per heavy atom. The fourth-order valence-corrected chi connectivity index (χ4v) is 2.10. The highest BCUT2D eigenvalue weighted by atomic mass is 127. The molecule has 0 aliphatic carbocycles. The number of nitrogens with one attached hydrogen (secondary N) is 1. The summed E-state index contributed by atoms with van der Waals surface area (Å²) < 4.78 is 1.76. The molecule has 82 valence electrons. The Labute approximate surface area is 115 Å². The first-order valence-corrected chi connectivity index (χ1v) is 6.34. The van der Waals surface area contributed by atoms with Gasteiger partial charge in [-0.3, -0.25) is 0 Å². The summed E-state index contributed by atoms with van der Waals surface area (Å²) in [6.07, 6.45) is 0. The molecule has 4 nitrogen and oxygen atoms in total. The number of nitrogens with two attached hydrogens (primary N) is 1. The zero-order chi connectivity index (χ0) is 11.5. The summed E-state index contributed by atoms with van der Waals surface area (Å²) in [5, 5.41) is 3.11. The van der Waals surface area contributed by atoms with Crippen molar-refractivity contribution in [1.29, 1.82) is 0 Å². The van der Waals surface area contributed by atoms with E-state index >= 15 is 0 Å². The van der Waals surface area contributed by atoms with Gasteiger partial charge in [0.1, 0.15) is 10.4 Å². The van der Waals surface area contributed by atoms with E-state index in [4.69, 9.17) is 5.73 Å². The van der Waals surface area contributed by atoms with Crippen molar-refractivity contribution in [1.82, 2.24) is 9.97 Å². The third-order valence-electron chi connectivity index (χ3n) is 1.84. The van der Waals surface area contributed by atoms with Crippen LogP contribution < -0.4 is 11.1 Å². The van der Waals surface area contributed by atoms with Crippen molar-refractivity contribution in [2.75, 3.05) is 11.1 Å². The first kappa shape index (κ1) is 11.6. The number of nitrogens with zero attached hydrogens (tertiary/aromatic N) is 2. The molecule has 0 radical (unpaired) electrons. The first-order valence-electron chi connectivity index (χ1n) is 4.47. The van der Waals surface area contributed by atoms with Crippen LogP contribution >= 0.6 is 38.5 Å². The Kier molecular flexibility index (Phi) is 3.59. The van der Waals surface area contributed by atoms with Gasteiger partial charge in [-0.2, -0.15) is 4.98 Å². The molecule has 16 heavy (non-hydrogen) atoms. The maximum Gasteiger partial charge on any atom is 0.230 e. The van der Waals surface area contributed by atoms with E-state index in [2.05, 4.69) is 53.8 Å². The van der Waals surface area contributed by atoms with Crippen LogP contribution in [0.15, 0.2) is 34.9 Å². The molecular formula is C10H8BrIN4. The van der Waals surface area contributed by atoms with Crippen LogP contribution in [0.3, 0.4) is 0 Å². The summed E-state index contributed by atoms with van der Waals surface area (Å²) in [6.45, 7) is 0. The Hall–Kier alpha value is -0.890. The molecule has 0 saturated heterocycles. The average Bonchev–Trinajstić information content (AvgIpc) is 2.20. The minimum absolute atomic E-state index is 0.426. The monoisotopic (exact) mass is 390 g/mol. The van der Waals surface area contributed by atoms with Gasteiger partial charge in [0.05, 0.1) is 5.69 Å². The molecule has 2 rings (SSSR count). The quantitative estimate of drug-likeness (QED) is 0.610. The van der Waals surface area contributed by atoms with Crippen LogP contribution in [0.25, 0.3) is 0 Å². The minimum Gasteiger partial charge on any atom is -0.383 e. The average molecular weight is 391 g/mol. The van der Waals surface area contributed by atoms with Gasteiger partial charge in [0, 0.05) is 9.64 Å². The van der Waals surface area contributed by atoms with Crippen LogP contribution in [0.2, 0.25) is 0 Å². The van der Waals surface area contributed by atoms with Gasteiger partial charge in [0.15, 0.2) is 0 Å². The first-order chi connectivity index (χ1) is 7.65. The topological polar surface area (TPSA) is 63.8 Å². The molecule has 0 unspecified atom stereocenters. The molecule has 2 aromatic rings. The summed E-state index contributed by atoms with van der Waals surface area (Å²) in [7, 11) is 0. The van der Waals surface area contributed by atoms with E-state index < -0.39 is 0 Å². The van der Waals surface area contributed by atoms with E-state index in [0.717, 1.165) is 9.26 Å². The van der Waals surface area contributed by atoms with Crippen LogP contribution in [-0.4, -0.2) is 9.97 Å². The molecule has 0 aliphatic heterocycles. The molecule has 1 aromatic heterocycles. The summed E-state index contributed by atoms with van der Waals surface area (Å²) in [5.41, 5.74) is 6.59. The molecule has 1 heterocycles. The van der Waals surface area contributed by atoms with Crippen molar-refractivity contribution in [2.24, 2.45) is 0 Å². The molecule has 0 aliphatic rings. The Bertz CT molecular complexity index is 498. The van der Waals surface area contributed by atoms with Crippen molar-refractivity contribution in [2.45, 2.75) is 0 Å². The number of benzene rings is 1. The molecule has 1 aromatic carbocycles. The van der Waals surface area contributed by atoms with Gasteiger partial charge in [-0.15, -0.1) is 0 Å². The van der Waals surface area contributed by atoms with E-state index in [9.17, 15) is 0 Å². The van der Waals surface area contributed by atoms with Gasteiger partial charge in [-0.05, 0) is 50.7 Å². The minimum atomic E-state index is 0.426. The van der Waals surface area contributed by atoms with E-state index in [-0.39, 0.29) is 0 Å². The van der Waals surface area contributed by atoms with Gasteiger partial charge in [-0.1, -0.05) is 12.1 Å². The van der Waals surface area contributed by atoms with Crippen LogP contribution in [0.1, 0.15) is 0 Å². The number of hydrogen-bond donors (Lipinski definition) is 2. The lowest BCUT2D eigenvalue weighted by molar-refractivity contribution is 1.15. The summed E-state index contributed by atoms with van der Waals surface area (Å²) in [6, 6.07) is 9.54. The lowest BCUT2D eigenvalue weighted by Gasteiger charge is -2.07. The number of rotatable bonds is 2. The SMILES string of the molecule is Nc1cc(Br)nc(Nc2ccccc2I)n1. The highest BCUT2D eigenvalue weighted by Crippen LogP contribution is 2.21. The zero-order valence-electron chi connectivity index (χ0n) is 8.11. The fraction of sp³-hybridized carbons (Fsp3) is 0. The van der Waals surface area contributed by atoms with E-state index in [1.807, 2.05) is 24.3 Å². The second kappa shape index (κ2) is 4.96. The second-order valence-corrected chi connectivity index (χ2v) is 5.02. The zero-order valence-corrected chi connectivity index (χ0v) is 11.9. The molecule has 6 heteroatoms. The maximum absolute atomic E-state index is 5.63. The largest absolute Gasteiger partial charge is 0.383 e. The lowest BCUT2D eigenvalue weighted by atomic mass is 10.3. The highest BCUT2D eigenvalue weighted by molar-refractivity contribution is 14.1. The van der Waals surface area contributed by atoms with Gasteiger partial charge in [0.2, 0.25) is 5.95 Å². The molecule has 0 saturated carbocycles. The van der Waals surface area contributed by atoms with Crippen molar-refractivity contribution in [3.05, 3.63) is 38.5 Å². The van der Waals surface area contributed by atoms with Gasteiger partial charge in [-0.25, -0.2) is 4.98 Å². The third kappa shape index (κ3) is 2.82. The Morgan fingerprint density at radius 2 is 2.00 bits per heavy atom. The summed E-state index contributed by atoms with van der Waals surface area (Å²) in [5.74, 6) is 0.909. The predicted octanol–water partition coefficient (Wildman–Crippen LogP) is 3.17. The van der Waals surface area contributed by atoms with E-state index in [0.29, 0.717) is 16.4 Å². The second-order valence-electron chi connectivity index (χ2n) is 3.04. The van der Waals surface area contributed by atoms with Crippen LogP contribution in [-0.2, 0) is 0 Å². The molecule has 0 spiro atoms. The van der Waals surface area contributed by atoms with E-state index in [1.54, 1.807) is 6.07 Å². The van der Waals surface area contributed by atoms with Gasteiger partial charge in [0.25, 0.3) is 0 Å². The molecular weight excluding hydrogens is 383 g/mol. The van der Waals surface area contributed by atoms with Gasteiger partial charge < -0.3 is 11.1 Å². The highest BCUT2D eigenvalue weighted by Gasteiger charge is 2.03. The third-order valence-corrected chi connectivity index (χ3v) is 3.18. The Morgan fingerprint density at radius 1 is 1.25 bits per heavy atom. The number of halogens is 2. The van der Waals surface area contributed by atoms with Crippen molar-refractivity contribution in [3.63, 3.8) is 0 Å². The van der Waals surface area contributed by atoms with Crippen molar-refractivity contribution in [3.8, 4) is 0 Å². The molecule has 0 amide bonds. The molecule has 0 bridgehead atoms. The maximum atomic E-state index is 5.63. The number of anilines is 3.